The molecule has 4 N–H and O–H groups in total. The molecule has 0 heterocycles. The molecule has 0 saturated carbocycles. The Balaban J connectivity index is 1.39. The Labute approximate surface area is 340 Å². The SMILES string of the molecule is O=C(NCCCNC(=O)C(c1ccc(C(F)(F)F)cc1)N(CCCNC(=O)OCc1ccccc1)C(=O)CCCNC(=O)OCc1ccccc1)OCc1ccccc1. The highest BCUT2D eigenvalue weighted by atomic mass is 19.4. The van der Waals surface area contributed by atoms with Crippen LogP contribution in [-0.4, -0.2) is 67.7 Å². The number of hydrogen-bond acceptors (Lipinski definition) is 8. The van der Waals surface area contributed by atoms with Crippen LogP contribution in [0.1, 0.15) is 59.5 Å². The summed E-state index contributed by atoms with van der Waals surface area (Å²) in [6.07, 6.45) is -6.28. The van der Waals surface area contributed by atoms with Gasteiger partial charge in [-0.05, 0) is 53.6 Å². The Bertz CT molecular complexity index is 1900. The summed E-state index contributed by atoms with van der Waals surface area (Å²) in [5.41, 5.74) is 1.55. The summed E-state index contributed by atoms with van der Waals surface area (Å²) in [5, 5.41) is 10.5. The average molecular weight is 820 g/mol. The highest BCUT2D eigenvalue weighted by Crippen LogP contribution is 2.31. The van der Waals surface area contributed by atoms with Gasteiger partial charge in [0, 0.05) is 39.1 Å². The van der Waals surface area contributed by atoms with Crippen molar-refractivity contribution < 1.29 is 51.4 Å². The van der Waals surface area contributed by atoms with E-state index < -0.39 is 47.9 Å². The van der Waals surface area contributed by atoms with Crippen molar-refractivity contribution in [1.29, 1.82) is 0 Å². The first-order valence-electron chi connectivity index (χ1n) is 19.1. The molecule has 4 aromatic rings. The number of hydrogen-bond donors (Lipinski definition) is 4. The Morgan fingerprint density at radius 2 is 0.932 bits per heavy atom. The van der Waals surface area contributed by atoms with E-state index in [4.69, 9.17) is 14.2 Å². The smallest absolute Gasteiger partial charge is 0.416 e. The maximum absolute atomic E-state index is 13.9. The number of benzene rings is 4. The molecule has 0 radical (unpaired) electrons. The van der Waals surface area contributed by atoms with Gasteiger partial charge in [-0.15, -0.1) is 0 Å². The lowest BCUT2D eigenvalue weighted by Gasteiger charge is -2.32. The average Bonchev–Trinajstić information content (AvgIpc) is 3.24. The molecular formula is C43H48F3N5O8. The van der Waals surface area contributed by atoms with Crippen LogP contribution in [0.3, 0.4) is 0 Å². The molecule has 1 atom stereocenters. The molecule has 4 aromatic carbocycles. The van der Waals surface area contributed by atoms with Crippen LogP contribution in [0.15, 0.2) is 115 Å². The van der Waals surface area contributed by atoms with E-state index >= 15 is 0 Å². The molecule has 13 nitrogen and oxygen atoms in total. The number of carbonyl (C=O) groups is 5. The topological polar surface area (TPSA) is 164 Å². The van der Waals surface area contributed by atoms with Gasteiger partial charge < -0.3 is 40.4 Å². The number of rotatable bonds is 21. The minimum absolute atomic E-state index is 0.0334. The van der Waals surface area contributed by atoms with Gasteiger partial charge in [0.05, 0.1) is 5.56 Å². The lowest BCUT2D eigenvalue weighted by molar-refractivity contribution is -0.141. The summed E-state index contributed by atoms with van der Waals surface area (Å²) in [5.74, 6) is -1.21. The van der Waals surface area contributed by atoms with E-state index in [2.05, 4.69) is 21.3 Å². The van der Waals surface area contributed by atoms with Gasteiger partial charge in [-0.2, -0.15) is 13.2 Å². The van der Waals surface area contributed by atoms with Crippen molar-refractivity contribution in [3.05, 3.63) is 143 Å². The van der Waals surface area contributed by atoms with Gasteiger partial charge in [-0.3, -0.25) is 9.59 Å². The Morgan fingerprint density at radius 3 is 1.37 bits per heavy atom. The van der Waals surface area contributed by atoms with Crippen LogP contribution >= 0.6 is 0 Å². The van der Waals surface area contributed by atoms with E-state index in [1.54, 1.807) is 36.4 Å². The van der Waals surface area contributed by atoms with Gasteiger partial charge in [0.1, 0.15) is 25.9 Å². The third-order valence-corrected chi connectivity index (χ3v) is 8.68. The van der Waals surface area contributed by atoms with Crippen molar-refractivity contribution in [1.82, 2.24) is 26.2 Å². The molecule has 0 aliphatic heterocycles. The van der Waals surface area contributed by atoms with Gasteiger partial charge in [-0.25, -0.2) is 14.4 Å². The van der Waals surface area contributed by atoms with E-state index in [-0.39, 0.29) is 83.8 Å². The van der Waals surface area contributed by atoms with E-state index in [1.165, 1.54) is 4.90 Å². The van der Waals surface area contributed by atoms with Crippen molar-refractivity contribution in [3.63, 3.8) is 0 Å². The van der Waals surface area contributed by atoms with Gasteiger partial charge in [0.15, 0.2) is 0 Å². The molecule has 0 spiro atoms. The summed E-state index contributed by atoms with van der Waals surface area (Å²) in [6, 6.07) is 29.7. The van der Waals surface area contributed by atoms with Crippen molar-refractivity contribution in [2.75, 3.05) is 32.7 Å². The van der Waals surface area contributed by atoms with Crippen LogP contribution in [0, 0.1) is 0 Å². The summed E-state index contributed by atoms with van der Waals surface area (Å²) in [6.45, 7) is 0.338. The van der Waals surface area contributed by atoms with E-state index in [9.17, 15) is 37.1 Å². The molecule has 16 heteroatoms. The van der Waals surface area contributed by atoms with Crippen molar-refractivity contribution in [3.8, 4) is 0 Å². The fraction of sp³-hybridized carbons (Fsp3) is 0.326. The summed E-state index contributed by atoms with van der Waals surface area (Å²) in [4.78, 5) is 65.9. The minimum atomic E-state index is -4.64. The van der Waals surface area contributed by atoms with Crippen LogP contribution in [0.5, 0.6) is 0 Å². The number of halogens is 3. The zero-order valence-corrected chi connectivity index (χ0v) is 32.4. The molecule has 4 rings (SSSR count). The number of carbonyl (C=O) groups excluding carboxylic acids is 5. The van der Waals surface area contributed by atoms with E-state index in [1.807, 2.05) is 54.6 Å². The second-order valence-corrected chi connectivity index (χ2v) is 13.2. The lowest BCUT2D eigenvalue weighted by atomic mass is 10.0. The van der Waals surface area contributed by atoms with Crippen LogP contribution in [0.4, 0.5) is 27.6 Å². The molecule has 0 aliphatic rings. The number of ether oxygens (including phenoxy) is 3. The Morgan fingerprint density at radius 1 is 0.525 bits per heavy atom. The largest absolute Gasteiger partial charge is 0.445 e. The standard InChI is InChI=1S/C43H48F3N5O8/c44-43(45,46)36-22-20-35(21-23-36)38(39(53)47-25-11-26-49-41(55)58-30-33-15-6-2-7-16-33)51(28-12-27-50-42(56)59-31-34-17-8-3-9-18-34)37(52)19-10-24-48-40(54)57-29-32-13-4-1-5-14-32/h1-9,13-18,20-23,38H,10-12,19,24-31H2,(H,47,53)(H,48,54)(H,49,55)(H,50,56). The van der Waals surface area contributed by atoms with E-state index in [0.29, 0.717) is 0 Å². The van der Waals surface area contributed by atoms with Crippen molar-refractivity contribution >= 4 is 30.1 Å². The molecule has 0 aromatic heterocycles. The number of nitrogens with one attached hydrogen (secondary N) is 4. The van der Waals surface area contributed by atoms with Crippen LogP contribution in [0.2, 0.25) is 0 Å². The van der Waals surface area contributed by atoms with Crippen LogP contribution in [0.25, 0.3) is 0 Å². The fourth-order valence-corrected chi connectivity index (χ4v) is 5.65. The third kappa shape index (κ3) is 16.8. The molecule has 1 unspecified atom stereocenters. The highest BCUT2D eigenvalue weighted by molar-refractivity contribution is 5.88. The second-order valence-electron chi connectivity index (χ2n) is 13.2. The molecule has 0 fully saturated rings. The van der Waals surface area contributed by atoms with Gasteiger partial charge in [0.2, 0.25) is 11.8 Å². The van der Waals surface area contributed by atoms with Crippen molar-refractivity contribution in [2.45, 2.75) is 57.7 Å². The predicted molar refractivity (Wildman–Crippen MR) is 211 cm³/mol. The molecule has 59 heavy (non-hydrogen) atoms. The summed E-state index contributed by atoms with van der Waals surface area (Å²) < 4.78 is 56.2. The number of amides is 5. The number of alkyl halides is 3. The lowest BCUT2D eigenvalue weighted by Crippen LogP contribution is -2.45. The van der Waals surface area contributed by atoms with Crippen LogP contribution < -0.4 is 21.3 Å². The zero-order valence-electron chi connectivity index (χ0n) is 32.4. The van der Waals surface area contributed by atoms with E-state index in [0.717, 1.165) is 41.0 Å². The molecule has 0 bridgehead atoms. The number of nitrogens with zero attached hydrogens (tertiary/aromatic N) is 1. The maximum Gasteiger partial charge on any atom is 0.416 e. The Kier molecular flexibility index (Phi) is 18.5. The summed E-state index contributed by atoms with van der Waals surface area (Å²) in [7, 11) is 0. The first-order chi connectivity index (χ1) is 28.5. The highest BCUT2D eigenvalue weighted by Gasteiger charge is 2.34. The first-order valence-corrected chi connectivity index (χ1v) is 19.1. The normalized spacial score (nSPS) is 11.4. The summed E-state index contributed by atoms with van der Waals surface area (Å²) >= 11 is 0. The van der Waals surface area contributed by atoms with Gasteiger partial charge in [-0.1, -0.05) is 103 Å². The second kappa shape index (κ2) is 24.2. The molecule has 0 saturated heterocycles. The van der Waals surface area contributed by atoms with Gasteiger partial charge in [0.25, 0.3) is 0 Å². The first kappa shape index (κ1) is 45.1. The van der Waals surface area contributed by atoms with Gasteiger partial charge >= 0.3 is 24.5 Å². The minimum Gasteiger partial charge on any atom is -0.445 e. The quantitative estimate of drug-likeness (QED) is 0.0514. The monoisotopic (exact) mass is 819 g/mol. The molecular weight excluding hydrogens is 771 g/mol. The maximum atomic E-state index is 13.9. The molecule has 5 amide bonds. The fourth-order valence-electron chi connectivity index (χ4n) is 5.65. The number of alkyl carbamates (subject to hydrolysis) is 3. The third-order valence-electron chi connectivity index (χ3n) is 8.68. The molecule has 314 valence electrons. The molecule has 0 aliphatic carbocycles. The predicted octanol–water partition coefficient (Wildman–Crippen LogP) is 7.03. The Hall–Kier alpha value is -6.58. The van der Waals surface area contributed by atoms with Crippen molar-refractivity contribution in [2.24, 2.45) is 0 Å². The zero-order chi connectivity index (χ0) is 42.3. The van der Waals surface area contributed by atoms with Crippen LogP contribution in [-0.2, 0) is 49.8 Å².